The molecule has 0 amide bonds. The van der Waals surface area contributed by atoms with Gasteiger partial charge in [0.15, 0.2) is 0 Å². The van der Waals surface area contributed by atoms with E-state index in [9.17, 15) is 4.79 Å². The van der Waals surface area contributed by atoms with Crippen LogP contribution >= 0.6 is 11.8 Å². The summed E-state index contributed by atoms with van der Waals surface area (Å²) in [6, 6.07) is 7.64. The van der Waals surface area contributed by atoms with Crippen molar-refractivity contribution in [1.82, 2.24) is 4.90 Å². The number of hydrogen-bond acceptors (Lipinski definition) is 4. The maximum absolute atomic E-state index is 11.3. The molecule has 0 aliphatic heterocycles. The summed E-state index contributed by atoms with van der Waals surface area (Å²) in [5.41, 5.74) is 1.86. The van der Waals surface area contributed by atoms with E-state index in [1.165, 1.54) is 12.7 Å². The van der Waals surface area contributed by atoms with Crippen LogP contribution in [0.3, 0.4) is 0 Å². The van der Waals surface area contributed by atoms with E-state index in [0.717, 1.165) is 31.1 Å². The van der Waals surface area contributed by atoms with Crippen LogP contribution in [0.1, 0.15) is 29.8 Å². The molecule has 106 valence electrons. The number of esters is 1. The van der Waals surface area contributed by atoms with Crippen LogP contribution in [0.2, 0.25) is 0 Å². The van der Waals surface area contributed by atoms with E-state index in [0.29, 0.717) is 5.56 Å². The zero-order chi connectivity index (χ0) is 14.1. The van der Waals surface area contributed by atoms with E-state index in [1.807, 2.05) is 36.0 Å². The number of carbonyl (C=O) groups excluding carboxylic acids is 1. The van der Waals surface area contributed by atoms with E-state index in [-0.39, 0.29) is 5.97 Å². The highest BCUT2D eigenvalue weighted by molar-refractivity contribution is 7.98. The largest absolute Gasteiger partial charge is 0.465 e. The van der Waals surface area contributed by atoms with Gasteiger partial charge in [-0.05, 0) is 30.8 Å². The number of methoxy groups -OCH3 is 1. The molecular weight excluding hydrogens is 258 g/mol. The third-order valence-corrected chi connectivity index (χ3v) is 4.10. The van der Waals surface area contributed by atoms with Crippen molar-refractivity contribution in [3.8, 4) is 0 Å². The average Bonchev–Trinajstić information content (AvgIpc) is 2.47. The van der Waals surface area contributed by atoms with Gasteiger partial charge in [0.05, 0.1) is 12.7 Å². The summed E-state index contributed by atoms with van der Waals surface area (Å²) < 4.78 is 4.68. The van der Waals surface area contributed by atoms with Crippen molar-refractivity contribution >= 4 is 17.7 Å². The molecule has 0 aliphatic rings. The SMILES string of the molecule is CCN(CC)CCSCc1ccc(C(=O)OC)cc1. The molecular formula is C15H23NO2S. The standard InChI is InChI=1S/C15H23NO2S/c1-4-16(5-2)10-11-19-12-13-6-8-14(9-7-13)15(17)18-3/h6-9H,4-5,10-12H2,1-3H3. The van der Waals surface area contributed by atoms with Gasteiger partial charge in [0, 0.05) is 18.1 Å². The number of nitrogens with zero attached hydrogens (tertiary/aromatic N) is 1. The lowest BCUT2D eigenvalue weighted by atomic mass is 10.1. The van der Waals surface area contributed by atoms with Crippen LogP contribution in [0.25, 0.3) is 0 Å². The molecule has 1 aromatic carbocycles. The summed E-state index contributed by atoms with van der Waals surface area (Å²) in [5.74, 6) is 1.85. The minimum atomic E-state index is -0.277. The monoisotopic (exact) mass is 281 g/mol. The van der Waals surface area contributed by atoms with Gasteiger partial charge in [0.1, 0.15) is 0 Å². The van der Waals surface area contributed by atoms with Crippen LogP contribution in [0, 0.1) is 0 Å². The fourth-order valence-electron chi connectivity index (χ4n) is 1.78. The number of benzene rings is 1. The molecule has 0 unspecified atom stereocenters. The van der Waals surface area contributed by atoms with Gasteiger partial charge >= 0.3 is 5.97 Å². The Balaban J connectivity index is 2.32. The van der Waals surface area contributed by atoms with Crippen LogP contribution in [0.4, 0.5) is 0 Å². The molecule has 0 N–H and O–H groups in total. The van der Waals surface area contributed by atoms with Crippen LogP contribution in [-0.2, 0) is 10.5 Å². The summed E-state index contributed by atoms with van der Waals surface area (Å²) in [7, 11) is 1.40. The normalized spacial score (nSPS) is 10.7. The molecule has 1 aromatic rings. The summed E-state index contributed by atoms with van der Waals surface area (Å²) >= 11 is 1.93. The predicted molar refractivity (Wildman–Crippen MR) is 81.7 cm³/mol. The molecule has 0 fully saturated rings. The Bertz CT molecular complexity index is 374. The van der Waals surface area contributed by atoms with Gasteiger partial charge in [-0.25, -0.2) is 4.79 Å². The van der Waals surface area contributed by atoms with Gasteiger partial charge in [-0.3, -0.25) is 0 Å². The first-order valence-corrected chi connectivity index (χ1v) is 7.84. The third kappa shape index (κ3) is 5.66. The molecule has 0 bridgehead atoms. The Morgan fingerprint density at radius 2 is 1.84 bits per heavy atom. The number of thioether (sulfide) groups is 1. The second kappa shape index (κ2) is 8.99. The van der Waals surface area contributed by atoms with Gasteiger partial charge in [0.2, 0.25) is 0 Å². The van der Waals surface area contributed by atoms with Gasteiger partial charge in [-0.15, -0.1) is 0 Å². The van der Waals surface area contributed by atoms with Crippen molar-refractivity contribution in [1.29, 1.82) is 0 Å². The zero-order valence-corrected chi connectivity index (χ0v) is 12.8. The maximum atomic E-state index is 11.3. The smallest absolute Gasteiger partial charge is 0.337 e. The first-order valence-electron chi connectivity index (χ1n) is 6.68. The van der Waals surface area contributed by atoms with E-state index >= 15 is 0 Å². The Morgan fingerprint density at radius 1 is 1.21 bits per heavy atom. The van der Waals surface area contributed by atoms with E-state index in [4.69, 9.17) is 0 Å². The van der Waals surface area contributed by atoms with Crippen molar-refractivity contribution < 1.29 is 9.53 Å². The molecule has 4 heteroatoms. The van der Waals surface area contributed by atoms with Crippen molar-refractivity contribution in [2.45, 2.75) is 19.6 Å². The van der Waals surface area contributed by atoms with Crippen LogP contribution in [-0.4, -0.2) is 43.4 Å². The summed E-state index contributed by atoms with van der Waals surface area (Å²) in [6.07, 6.45) is 0. The summed E-state index contributed by atoms with van der Waals surface area (Å²) in [5, 5.41) is 0. The second-order valence-electron chi connectivity index (χ2n) is 4.27. The van der Waals surface area contributed by atoms with E-state index in [2.05, 4.69) is 23.5 Å². The summed E-state index contributed by atoms with van der Waals surface area (Å²) in [4.78, 5) is 13.7. The fraction of sp³-hybridized carbons (Fsp3) is 0.533. The van der Waals surface area contributed by atoms with E-state index in [1.54, 1.807) is 0 Å². The van der Waals surface area contributed by atoms with Gasteiger partial charge < -0.3 is 9.64 Å². The Kier molecular flexibility index (Phi) is 7.60. The highest BCUT2D eigenvalue weighted by Crippen LogP contribution is 2.13. The van der Waals surface area contributed by atoms with E-state index < -0.39 is 0 Å². The molecule has 0 saturated carbocycles. The van der Waals surface area contributed by atoms with Crippen LogP contribution in [0.5, 0.6) is 0 Å². The molecule has 0 aliphatic carbocycles. The zero-order valence-electron chi connectivity index (χ0n) is 12.0. The van der Waals surface area contributed by atoms with Crippen molar-refractivity contribution in [3.63, 3.8) is 0 Å². The Morgan fingerprint density at radius 3 is 2.37 bits per heavy atom. The first-order chi connectivity index (χ1) is 9.21. The highest BCUT2D eigenvalue weighted by Gasteiger charge is 2.04. The molecule has 0 saturated heterocycles. The van der Waals surface area contributed by atoms with Gasteiger partial charge in [0.25, 0.3) is 0 Å². The van der Waals surface area contributed by atoms with Gasteiger partial charge in [-0.1, -0.05) is 26.0 Å². The molecule has 0 atom stereocenters. The predicted octanol–water partition coefficient (Wildman–Crippen LogP) is 3.05. The fourth-order valence-corrected chi connectivity index (χ4v) is 2.74. The number of rotatable bonds is 8. The van der Waals surface area contributed by atoms with Crippen LogP contribution < -0.4 is 0 Å². The summed E-state index contributed by atoms with van der Waals surface area (Å²) in [6.45, 7) is 7.76. The second-order valence-corrected chi connectivity index (χ2v) is 5.37. The Labute approximate surface area is 120 Å². The topological polar surface area (TPSA) is 29.5 Å². The lowest BCUT2D eigenvalue weighted by Gasteiger charge is -2.17. The van der Waals surface area contributed by atoms with Gasteiger partial charge in [-0.2, -0.15) is 11.8 Å². The minimum Gasteiger partial charge on any atom is -0.465 e. The van der Waals surface area contributed by atoms with Crippen molar-refractivity contribution in [2.24, 2.45) is 0 Å². The molecule has 3 nitrogen and oxygen atoms in total. The minimum absolute atomic E-state index is 0.277. The molecule has 0 heterocycles. The number of hydrogen-bond donors (Lipinski definition) is 0. The lowest BCUT2D eigenvalue weighted by molar-refractivity contribution is 0.0600. The quantitative estimate of drug-likeness (QED) is 0.541. The molecule has 19 heavy (non-hydrogen) atoms. The highest BCUT2D eigenvalue weighted by atomic mass is 32.2. The molecule has 1 rings (SSSR count). The lowest BCUT2D eigenvalue weighted by Crippen LogP contribution is -2.25. The number of carbonyl (C=O) groups is 1. The Hall–Kier alpha value is -1.00. The maximum Gasteiger partial charge on any atom is 0.337 e. The van der Waals surface area contributed by atoms with Crippen molar-refractivity contribution in [3.05, 3.63) is 35.4 Å². The first kappa shape index (κ1) is 16.1. The third-order valence-electron chi connectivity index (χ3n) is 3.09. The molecule has 0 radical (unpaired) electrons. The van der Waals surface area contributed by atoms with Crippen LogP contribution in [0.15, 0.2) is 24.3 Å². The molecule has 0 aromatic heterocycles. The van der Waals surface area contributed by atoms with Crippen molar-refractivity contribution in [2.75, 3.05) is 32.5 Å². The average molecular weight is 281 g/mol. The molecule has 0 spiro atoms. The number of ether oxygens (including phenoxy) is 1.